The van der Waals surface area contributed by atoms with Gasteiger partial charge in [-0.25, -0.2) is 9.97 Å². The number of nitrogens with zero attached hydrogens (tertiary/aromatic N) is 6. The number of aromatic nitrogens is 3. The molecule has 0 atom stereocenters. The second kappa shape index (κ2) is 9.98. The molecule has 1 aromatic carbocycles. The zero-order chi connectivity index (χ0) is 21.3. The van der Waals surface area contributed by atoms with Crippen LogP contribution in [-0.4, -0.2) is 40.1 Å². The Morgan fingerprint density at radius 2 is 1.87 bits per heavy atom. The van der Waals surface area contributed by atoms with Crippen molar-refractivity contribution in [3.63, 3.8) is 0 Å². The topological polar surface area (TPSA) is 154 Å². The zero-order valence-corrected chi connectivity index (χ0v) is 16.2. The fourth-order valence-electron chi connectivity index (χ4n) is 2.50. The third-order valence-electron chi connectivity index (χ3n) is 3.99. The standard InChI is InChI=1S/C19H20N8O3/c1-30-12-2-9-22-19-16(26-25-14-3-5-15(6-4-14)27(28)29)17(20)23-18(24-19)13-7-10-21-11-8-13/h3-8,10-11H,2,9,12H2,1H3,(H3,20,22,23,24). The zero-order valence-electron chi connectivity index (χ0n) is 16.2. The van der Waals surface area contributed by atoms with E-state index in [2.05, 4.69) is 30.5 Å². The Morgan fingerprint density at radius 1 is 1.13 bits per heavy atom. The largest absolute Gasteiger partial charge is 0.385 e. The van der Waals surface area contributed by atoms with E-state index in [1.807, 2.05) is 0 Å². The molecule has 0 aliphatic carbocycles. The molecule has 0 saturated carbocycles. The van der Waals surface area contributed by atoms with E-state index in [0.29, 0.717) is 30.5 Å². The van der Waals surface area contributed by atoms with Crippen molar-refractivity contribution >= 4 is 28.7 Å². The minimum Gasteiger partial charge on any atom is -0.385 e. The maximum absolute atomic E-state index is 10.8. The number of azo groups is 1. The third-order valence-corrected chi connectivity index (χ3v) is 3.99. The maximum atomic E-state index is 10.8. The highest BCUT2D eigenvalue weighted by atomic mass is 16.6. The van der Waals surface area contributed by atoms with Crippen LogP contribution in [0.2, 0.25) is 0 Å². The Morgan fingerprint density at radius 3 is 2.53 bits per heavy atom. The molecule has 0 fully saturated rings. The van der Waals surface area contributed by atoms with Crippen LogP contribution in [0.15, 0.2) is 59.0 Å². The van der Waals surface area contributed by atoms with Crippen LogP contribution in [0.3, 0.4) is 0 Å². The predicted molar refractivity (Wildman–Crippen MR) is 112 cm³/mol. The molecule has 0 spiro atoms. The van der Waals surface area contributed by atoms with Gasteiger partial charge in [0.1, 0.15) is 0 Å². The van der Waals surface area contributed by atoms with Gasteiger partial charge in [0.05, 0.1) is 10.6 Å². The Hall–Kier alpha value is -3.99. The number of nitrogen functional groups attached to an aromatic ring is 1. The minimum absolute atomic E-state index is 0.0287. The molecule has 3 rings (SSSR count). The quantitative estimate of drug-likeness (QED) is 0.234. The molecule has 0 bridgehead atoms. The molecule has 0 aliphatic rings. The first-order valence-corrected chi connectivity index (χ1v) is 9.05. The van der Waals surface area contributed by atoms with E-state index in [-0.39, 0.29) is 17.2 Å². The van der Waals surface area contributed by atoms with Crippen molar-refractivity contribution in [3.05, 3.63) is 58.9 Å². The SMILES string of the molecule is COCCCNc1nc(-c2ccncc2)nc(N)c1N=Nc1ccc([N+](=O)[O-])cc1. The molecular weight excluding hydrogens is 388 g/mol. The first kappa shape index (κ1) is 20.7. The third kappa shape index (κ3) is 5.29. The number of ether oxygens (including phenoxy) is 1. The molecule has 154 valence electrons. The second-order valence-electron chi connectivity index (χ2n) is 6.11. The number of hydrogen-bond acceptors (Lipinski definition) is 10. The summed E-state index contributed by atoms with van der Waals surface area (Å²) in [5.74, 6) is 1.01. The molecule has 2 heterocycles. The van der Waals surface area contributed by atoms with Gasteiger partial charge in [-0.3, -0.25) is 15.1 Å². The Balaban J connectivity index is 1.91. The maximum Gasteiger partial charge on any atom is 0.269 e. The molecule has 11 heteroatoms. The van der Waals surface area contributed by atoms with Gasteiger partial charge in [0.15, 0.2) is 23.1 Å². The number of methoxy groups -OCH3 is 1. The van der Waals surface area contributed by atoms with Gasteiger partial charge in [0, 0.05) is 50.4 Å². The molecule has 3 N–H and O–H groups in total. The fourth-order valence-corrected chi connectivity index (χ4v) is 2.50. The molecule has 0 radical (unpaired) electrons. The Kier molecular flexibility index (Phi) is 6.90. The van der Waals surface area contributed by atoms with Gasteiger partial charge >= 0.3 is 0 Å². The summed E-state index contributed by atoms with van der Waals surface area (Å²) < 4.78 is 5.06. The number of hydrogen-bond donors (Lipinski definition) is 2. The van der Waals surface area contributed by atoms with Crippen molar-refractivity contribution < 1.29 is 9.66 Å². The van der Waals surface area contributed by atoms with Gasteiger partial charge in [-0.05, 0) is 30.7 Å². The molecule has 0 unspecified atom stereocenters. The van der Waals surface area contributed by atoms with Gasteiger partial charge in [0.25, 0.3) is 5.69 Å². The number of nitrogens with two attached hydrogens (primary N) is 1. The normalized spacial score (nSPS) is 11.0. The summed E-state index contributed by atoms with van der Waals surface area (Å²) in [6.07, 6.45) is 4.04. The summed E-state index contributed by atoms with van der Waals surface area (Å²) in [6, 6.07) is 9.25. The van der Waals surface area contributed by atoms with E-state index in [1.54, 1.807) is 31.6 Å². The van der Waals surface area contributed by atoms with Crippen LogP contribution in [0.5, 0.6) is 0 Å². The Bertz CT molecular complexity index is 1030. The summed E-state index contributed by atoms with van der Waals surface area (Å²) in [5.41, 5.74) is 7.59. The van der Waals surface area contributed by atoms with Gasteiger partial charge in [-0.2, -0.15) is 5.11 Å². The van der Waals surface area contributed by atoms with Crippen molar-refractivity contribution in [1.29, 1.82) is 0 Å². The highest BCUT2D eigenvalue weighted by Crippen LogP contribution is 2.33. The number of nitro groups is 1. The van der Waals surface area contributed by atoms with Gasteiger partial charge in [-0.15, -0.1) is 5.11 Å². The first-order chi connectivity index (χ1) is 14.6. The lowest BCUT2D eigenvalue weighted by atomic mass is 10.2. The van der Waals surface area contributed by atoms with E-state index in [0.717, 1.165) is 12.0 Å². The van der Waals surface area contributed by atoms with Crippen molar-refractivity contribution in [1.82, 2.24) is 15.0 Å². The fraction of sp³-hybridized carbons (Fsp3) is 0.211. The van der Waals surface area contributed by atoms with Gasteiger partial charge in [0.2, 0.25) is 0 Å². The average Bonchev–Trinajstić information content (AvgIpc) is 2.76. The van der Waals surface area contributed by atoms with Crippen molar-refractivity contribution in [2.45, 2.75) is 6.42 Å². The number of nitro benzene ring substituents is 1. The van der Waals surface area contributed by atoms with Crippen LogP contribution in [-0.2, 0) is 4.74 Å². The van der Waals surface area contributed by atoms with Crippen LogP contribution in [0.4, 0.5) is 28.7 Å². The number of anilines is 2. The highest BCUT2D eigenvalue weighted by molar-refractivity contribution is 5.75. The monoisotopic (exact) mass is 408 g/mol. The molecule has 3 aromatic rings. The summed E-state index contributed by atoms with van der Waals surface area (Å²) in [4.78, 5) is 23.2. The predicted octanol–water partition coefficient (Wildman–Crippen LogP) is 3.89. The van der Waals surface area contributed by atoms with E-state index in [1.165, 1.54) is 24.3 Å². The van der Waals surface area contributed by atoms with E-state index in [4.69, 9.17) is 10.5 Å². The van der Waals surface area contributed by atoms with Crippen LogP contribution in [0, 0.1) is 10.1 Å². The summed E-state index contributed by atoms with van der Waals surface area (Å²) in [7, 11) is 1.63. The van der Waals surface area contributed by atoms with Gasteiger partial charge in [-0.1, -0.05) is 0 Å². The smallest absolute Gasteiger partial charge is 0.269 e. The summed E-state index contributed by atoms with van der Waals surface area (Å²) >= 11 is 0. The summed E-state index contributed by atoms with van der Waals surface area (Å²) in [6.45, 7) is 1.17. The molecule has 11 nitrogen and oxygen atoms in total. The van der Waals surface area contributed by atoms with Crippen LogP contribution in [0.25, 0.3) is 11.4 Å². The molecule has 30 heavy (non-hydrogen) atoms. The van der Waals surface area contributed by atoms with E-state index >= 15 is 0 Å². The molecule has 0 amide bonds. The van der Waals surface area contributed by atoms with Crippen molar-refractivity contribution in [2.24, 2.45) is 10.2 Å². The number of rotatable bonds is 9. The van der Waals surface area contributed by atoms with Gasteiger partial charge < -0.3 is 15.8 Å². The number of benzene rings is 1. The van der Waals surface area contributed by atoms with Crippen LogP contribution < -0.4 is 11.1 Å². The number of nitrogens with one attached hydrogen (secondary N) is 1. The molecule has 0 saturated heterocycles. The Labute approximate surface area is 172 Å². The molecular formula is C19H20N8O3. The minimum atomic E-state index is -0.480. The lowest BCUT2D eigenvalue weighted by molar-refractivity contribution is -0.384. The van der Waals surface area contributed by atoms with E-state index in [9.17, 15) is 10.1 Å². The average molecular weight is 408 g/mol. The second-order valence-corrected chi connectivity index (χ2v) is 6.11. The van der Waals surface area contributed by atoms with Crippen molar-refractivity contribution in [2.75, 3.05) is 31.3 Å². The number of pyridine rings is 1. The van der Waals surface area contributed by atoms with E-state index < -0.39 is 4.92 Å². The van der Waals surface area contributed by atoms with Crippen LogP contribution in [0.1, 0.15) is 6.42 Å². The lowest BCUT2D eigenvalue weighted by Gasteiger charge is -2.11. The van der Waals surface area contributed by atoms with Crippen molar-refractivity contribution in [3.8, 4) is 11.4 Å². The lowest BCUT2D eigenvalue weighted by Crippen LogP contribution is -2.09. The molecule has 2 aromatic heterocycles. The molecule has 0 aliphatic heterocycles. The number of non-ortho nitro benzene ring substituents is 1. The summed E-state index contributed by atoms with van der Waals surface area (Å²) in [5, 5.41) is 22.3. The van der Waals surface area contributed by atoms with Crippen LogP contribution >= 0.6 is 0 Å². The highest BCUT2D eigenvalue weighted by Gasteiger charge is 2.14. The first-order valence-electron chi connectivity index (χ1n) is 9.05.